The first kappa shape index (κ1) is 12.8. The second-order valence-electron chi connectivity index (χ2n) is 6.18. The minimum atomic E-state index is 0.712. The van der Waals surface area contributed by atoms with E-state index in [1.165, 1.54) is 54.4 Å². The number of hydrogen-bond acceptors (Lipinski definition) is 3. The van der Waals surface area contributed by atoms with Gasteiger partial charge in [-0.3, -0.25) is 0 Å². The topological polar surface area (TPSA) is 15.3 Å². The van der Waals surface area contributed by atoms with Crippen LogP contribution in [0.15, 0.2) is 29.6 Å². The molecule has 106 valence electrons. The maximum Gasteiger partial charge on any atom is 0.0346 e. The molecule has 1 aliphatic carbocycles. The highest BCUT2D eigenvalue weighted by Crippen LogP contribution is 2.30. The molecule has 0 unspecified atom stereocenters. The molecule has 0 amide bonds. The van der Waals surface area contributed by atoms with E-state index in [2.05, 4.69) is 39.9 Å². The number of nitrogens with zero attached hydrogens (tertiary/aromatic N) is 1. The molecule has 1 saturated heterocycles. The van der Waals surface area contributed by atoms with E-state index in [0.717, 1.165) is 12.6 Å². The van der Waals surface area contributed by atoms with Gasteiger partial charge >= 0.3 is 0 Å². The predicted molar refractivity (Wildman–Crippen MR) is 86.3 cm³/mol. The predicted octanol–water partition coefficient (Wildman–Crippen LogP) is 3.62. The van der Waals surface area contributed by atoms with Crippen LogP contribution in [0.5, 0.6) is 0 Å². The van der Waals surface area contributed by atoms with Crippen LogP contribution in [0.25, 0.3) is 10.1 Å². The van der Waals surface area contributed by atoms with Gasteiger partial charge in [0.1, 0.15) is 0 Å². The molecule has 1 N–H and O–H groups in total. The van der Waals surface area contributed by atoms with Gasteiger partial charge in [0.2, 0.25) is 0 Å². The summed E-state index contributed by atoms with van der Waals surface area (Å²) in [6.45, 7) is 3.62. The van der Waals surface area contributed by atoms with E-state index in [1.54, 1.807) is 0 Å². The molecule has 2 nitrogen and oxygen atoms in total. The summed E-state index contributed by atoms with van der Waals surface area (Å²) < 4.78 is 1.41. The van der Waals surface area contributed by atoms with Crippen LogP contribution in [0.4, 0.5) is 0 Å². The second-order valence-corrected chi connectivity index (χ2v) is 7.09. The van der Waals surface area contributed by atoms with E-state index in [4.69, 9.17) is 0 Å². The molecule has 20 heavy (non-hydrogen) atoms. The van der Waals surface area contributed by atoms with Crippen LogP contribution in [0, 0.1) is 0 Å². The van der Waals surface area contributed by atoms with Crippen molar-refractivity contribution in [1.29, 1.82) is 0 Å². The van der Waals surface area contributed by atoms with Crippen molar-refractivity contribution in [1.82, 2.24) is 10.2 Å². The van der Waals surface area contributed by atoms with Gasteiger partial charge in [-0.05, 0) is 61.2 Å². The average molecular weight is 286 g/mol. The average Bonchev–Trinajstić information content (AvgIpc) is 3.27. The fraction of sp³-hybridized carbons (Fsp3) is 0.529. The Morgan fingerprint density at radius 2 is 1.90 bits per heavy atom. The first-order valence-electron chi connectivity index (χ1n) is 7.83. The number of likely N-dealkylation sites (tertiary alicyclic amines) is 1. The van der Waals surface area contributed by atoms with Crippen molar-refractivity contribution in [3.05, 3.63) is 35.2 Å². The van der Waals surface area contributed by atoms with Crippen molar-refractivity contribution in [2.45, 2.75) is 44.3 Å². The van der Waals surface area contributed by atoms with Gasteiger partial charge in [0.15, 0.2) is 0 Å². The summed E-state index contributed by atoms with van der Waals surface area (Å²) in [5.74, 6) is 0. The summed E-state index contributed by atoms with van der Waals surface area (Å²) in [6.07, 6.45) is 5.52. The van der Waals surface area contributed by atoms with E-state index >= 15 is 0 Å². The van der Waals surface area contributed by atoms with Crippen molar-refractivity contribution in [3.8, 4) is 0 Å². The molecule has 1 saturated carbocycles. The number of piperidine rings is 1. The highest BCUT2D eigenvalue weighted by atomic mass is 32.1. The Morgan fingerprint density at radius 3 is 2.70 bits per heavy atom. The fourth-order valence-electron chi connectivity index (χ4n) is 3.33. The van der Waals surface area contributed by atoms with Crippen molar-refractivity contribution >= 4 is 21.4 Å². The maximum atomic E-state index is 3.78. The smallest absolute Gasteiger partial charge is 0.0346 e. The molecular formula is C17H22N2S. The number of benzene rings is 1. The van der Waals surface area contributed by atoms with Gasteiger partial charge in [-0.1, -0.05) is 18.2 Å². The fourth-order valence-corrected chi connectivity index (χ4v) is 4.30. The molecule has 2 fully saturated rings. The van der Waals surface area contributed by atoms with Crippen LogP contribution < -0.4 is 5.32 Å². The Labute approximate surface area is 124 Å². The monoisotopic (exact) mass is 286 g/mol. The Hall–Kier alpha value is -0.900. The minimum Gasteiger partial charge on any atom is -0.310 e. The number of rotatable bonds is 4. The summed E-state index contributed by atoms with van der Waals surface area (Å²) in [4.78, 5) is 2.69. The lowest BCUT2D eigenvalue weighted by Crippen LogP contribution is -2.43. The summed E-state index contributed by atoms with van der Waals surface area (Å²) >= 11 is 1.86. The molecule has 4 rings (SSSR count). The van der Waals surface area contributed by atoms with Crippen LogP contribution in [0.2, 0.25) is 0 Å². The van der Waals surface area contributed by atoms with E-state index in [1.807, 2.05) is 11.3 Å². The zero-order valence-corrected chi connectivity index (χ0v) is 12.7. The summed E-state index contributed by atoms with van der Waals surface area (Å²) in [7, 11) is 0. The van der Waals surface area contributed by atoms with Crippen LogP contribution in [0.1, 0.15) is 31.2 Å². The highest BCUT2D eigenvalue weighted by Gasteiger charge is 2.31. The largest absolute Gasteiger partial charge is 0.310 e. The third-order valence-electron chi connectivity index (χ3n) is 4.74. The van der Waals surface area contributed by atoms with Gasteiger partial charge in [0.05, 0.1) is 0 Å². The van der Waals surface area contributed by atoms with E-state index in [-0.39, 0.29) is 0 Å². The van der Waals surface area contributed by atoms with Gasteiger partial charge in [0.25, 0.3) is 0 Å². The maximum absolute atomic E-state index is 3.78. The van der Waals surface area contributed by atoms with E-state index < -0.39 is 0 Å². The Balaban J connectivity index is 1.34. The molecule has 2 aromatic rings. The molecule has 1 aromatic carbocycles. The standard InChI is InChI=1S/C17H22N2S/c1-2-4-17-16(3-1)13(12-20-17)11-18-14-7-9-19(10-8-14)15-5-6-15/h1-4,12,14-15,18H,5-11H2. The molecule has 3 heteroatoms. The Kier molecular flexibility index (Phi) is 3.51. The van der Waals surface area contributed by atoms with Crippen molar-refractivity contribution in [3.63, 3.8) is 0 Å². The third kappa shape index (κ3) is 2.62. The molecular weight excluding hydrogens is 264 g/mol. The van der Waals surface area contributed by atoms with Crippen molar-refractivity contribution < 1.29 is 0 Å². The Morgan fingerprint density at radius 1 is 1.10 bits per heavy atom. The van der Waals surface area contributed by atoms with Crippen LogP contribution in [-0.4, -0.2) is 30.1 Å². The SMILES string of the molecule is c1ccc2c(CNC3CCN(C4CC4)CC3)csc2c1. The van der Waals surface area contributed by atoms with Crippen molar-refractivity contribution in [2.24, 2.45) is 0 Å². The van der Waals surface area contributed by atoms with Crippen LogP contribution in [0.3, 0.4) is 0 Å². The lowest BCUT2D eigenvalue weighted by Gasteiger charge is -2.32. The minimum absolute atomic E-state index is 0.712. The lowest BCUT2D eigenvalue weighted by molar-refractivity contribution is 0.189. The molecule has 2 aliphatic rings. The number of fused-ring (bicyclic) bond motifs is 1. The normalized spacial score (nSPS) is 21.6. The van der Waals surface area contributed by atoms with Gasteiger partial charge in [0, 0.05) is 23.3 Å². The van der Waals surface area contributed by atoms with Crippen LogP contribution in [-0.2, 0) is 6.54 Å². The van der Waals surface area contributed by atoms with Gasteiger partial charge in [-0.2, -0.15) is 0 Å². The number of thiophene rings is 1. The third-order valence-corrected chi connectivity index (χ3v) is 5.75. The zero-order chi connectivity index (χ0) is 13.4. The molecule has 0 spiro atoms. The molecule has 0 atom stereocenters. The van der Waals surface area contributed by atoms with Gasteiger partial charge < -0.3 is 10.2 Å². The summed E-state index contributed by atoms with van der Waals surface area (Å²) in [6, 6.07) is 10.4. The lowest BCUT2D eigenvalue weighted by atomic mass is 10.0. The first-order valence-corrected chi connectivity index (χ1v) is 8.70. The van der Waals surface area contributed by atoms with Gasteiger partial charge in [-0.15, -0.1) is 11.3 Å². The molecule has 0 bridgehead atoms. The van der Waals surface area contributed by atoms with Crippen molar-refractivity contribution in [2.75, 3.05) is 13.1 Å². The number of hydrogen-bond donors (Lipinski definition) is 1. The molecule has 0 radical (unpaired) electrons. The zero-order valence-electron chi connectivity index (χ0n) is 11.8. The van der Waals surface area contributed by atoms with Gasteiger partial charge in [-0.25, -0.2) is 0 Å². The molecule has 1 aliphatic heterocycles. The molecule has 2 heterocycles. The first-order chi connectivity index (χ1) is 9.90. The quantitative estimate of drug-likeness (QED) is 0.923. The summed E-state index contributed by atoms with van der Waals surface area (Å²) in [5, 5.41) is 7.52. The highest BCUT2D eigenvalue weighted by molar-refractivity contribution is 7.17. The van der Waals surface area contributed by atoms with E-state index in [9.17, 15) is 0 Å². The van der Waals surface area contributed by atoms with E-state index in [0.29, 0.717) is 6.04 Å². The molecule has 1 aromatic heterocycles. The second kappa shape index (κ2) is 5.47. The summed E-state index contributed by atoms with van der Waals surface area (Å²) in [5.41, 5.74) is 1.47. The number of nitrogens with one attached hydrogen (secondary N) is 1. The Bertz CT molecular complexity index is 579. The van der Waals surface area contributed by atoms with Crippen LogP contribution >= 0.6 is 11.3 Å².